The van der Waals surface area contributed by atoms with Crippen LogP contribution >= 0.6 is 39.3 Å². The standard InChI is InChI=1S/C14H11BrClN3OS/c1-17-12-7-5-9(16)11(6-10(7)19-13(12)20)21-14-8(15)3-2-4-18-14/h2-6,12,17H,1H3,(H,19,20). The molecule has 0 fully saturated rings. The maximum atomic E-state index is 11.9. The fraction of sp³-hybridized carbons (Fsp3) is 0.143. The summed E-state index contributed by atoms with van der Waals surface area (Å²) in [5.41, 5.74) is 1.66. The first-order valence-corrected chi connectivity index (χ1v) is 8.19. The molecule has 0 radical (unpaired) electrons. The molecule has 2 N–H and O–H groups in total. The summed E-state index contributed by atoms with van der Waals surface area (Å²) >= 11 is 11.3. The van der Waals surface area contributed by atoms with Gasteiger partial charge in [0.1, 0.15) is 11.1 Å². The second kappa shape index (κ2) is 5.96. The Hall–Kier alpha value is -1.08. The van der Waals surface area contributed by atoms with Crippen LogP contribution in [0.3, 0.4) is 0 Å². The molecule has 0 bridgehead atoms. The van der Waals surface area contributed by atoms with E-state index in [1.54, 1.807) is 13.2 Å². The Labute approximate surface area is 139 Å². The molecule has 0 saturated carbocycles. The first-order valence-electron chi connectivity index (χ1n) is 6.20. The van der Waals surface area contributed by atoms with Gasteiger partial charge >= 0.3 is 0 Å². The molecule has 3 rings (SSSR count). The number of amides is 1. The summed E-state index contributed by atoms with van der Waals surface area (Å²) in [6.45, 7) is 0. The molecule has 1 amide bonds. The van der Waals surface area contributed by atoms with E-state index in [1.807, 2.05) is 24.3 Å². The van der Waals surface area contributed by atoms with Crippen LogP contribution in [0.15, 0.2) is 44.9 Å². The second-order valence-corrected chi connectivity index (χ2v) is 6.77. The summed E-state index contributed by atoms with van der Waals surface area (Å²) in [5, 5.41) is 7.27. The Kier molecular flexibility index (Phi) is 4.21. The molecule has 1 aliphatic heterocycles. The highest BCUT2D eigenvalue weighted by Gasteiger charge is 2.30. The molecule has 1 unspecified atom stereocenters. The number of nitrogens with one attached hydrogen (secondary N) is 2. The van der Waals surface area contributed by atoms with Crippen molar-refractivity contribution in [2.24, 2.45) is 0 Å². The van der Waals surface area contributed by atoms with Crippen LogP contribution in [-0.2, 0) is 4.79 Å². The molecule has 1 aromatic heterocycles. The van der Waals surface area contributed by atoms with Crippen LogP contribution in [0.5, 0.6) is 0 Å². The summed E-state index contributed by atoms with van der Waals surface area (Å²) < 4.78 is 0.906. The van der Waals surface area contributed by atoms with Crippen molar-refractivity contribution in [3.8, 4) is 0 Å². The Bertz CT molecular complexity index is 725. The average Bonchev–Trinajstić information content (AvgIpc) is 2.76. The van der Waals surface area contributed by atoms with Crippen molar-refractivity contribution in [1.29, 1.82) is 0 Å². The third-order valence-electron chi connectivity index (χ3n) is 3.16. The molecule has 2 heterocycles. The van der Waals surface area contributed by atoms with E-state index in [4.69, 9.17) is 11.6 Å². The molecule has 1 aromatic carbocycles. The number of nitrogens with zero attached hydrogens (tertiary/aromatic N) is 1. The van der Waals surface area contributed by atoms with E-state index in [-0.39, 0.29) is 11.9 Å². The van der Waals surface area contributed by atoms with Gasteiger partial charge in [0.2, 0.25) is 5.91 Å². The number of anilines is 1. The van der Waals surface area contributed by atoms with Gasteiger partial charge in [-0.25, -0.2) is 4.98 Å². The third kappa shape index (κ3) is 2.81. The zero-order chi connectivity index (χ0) is 15.0. The van der Waals surface area contributed by atoms with Crippen molar-refractivity contribution in [2.45, 2.75) is 16.0 Å². The molecule has 4 nitrogen and oxygen atoms in total. The van der Waals surface area contributed by atoms with Crippen molar-refractivity contribution in [3.05, 3.63) is 45.5 Å². The lowest BCUT2D eigenvalue weighted by molar-refractivity contribution is -0.117. The number of carbonyl (C=O) groups is 1. The second-order valence-electron chi connectivity index (χ2n) is 4.47. The Morgan fingerprint density at radius 3 is 3.00 bits per heavy atom. The van der Waals surface area contributed by atoms with Gasteiger partial charge in [0.05, 0.1) is 9.50 Å². The third-order valence-corrected chi connectivity index (χ3v) is 5.56. The molecule has 0 saturated heterocycles. The van der Waals surface area contributed by atoms with Crippen LogP contribution in [0.25, 0.3) is 0 Å². The number of carbonyl (C=O) groups excluding carboxylic acids is 1. The van der Waals surface area contributed by atoms with Crippen molar-refractivity contribution >= 4 is 50.9 Å². The zero-order valence-electron chi connectivity index (χ0n) is 11.0. The van der Waals surface area contributed by atoms with Crippen LogP contribution in [0.4, 0.5) is 5.69 Å². The number of hydrogen-bond donors (Lipinski definition) is 2. The number of benzene rings is 1. The minimum absolute atomic E-state index is 0.0651. The molecule has 2 aromatic rings. The number of fused-ring (bicyclic) bond motifs is 1. The Morgan fingerprint density at radius 1 is 1.48 bits per heavy atom. The molecule has 1 aliphatic rings. The van der Waals surface area contributed by atoms with E-state index in [0.29, 0.717) is 5.02 Å². The minimum atomic E-state index is -0.349. The van der Waals surface area contributed by atoms with Crippen LogP contribution in [0, 0.1) is 0 Å². The predicted octanol–water partition coefficient (Wildman–Crippen LogP) is 3.86. The number of likely N-dealkylation sites (N-methyl/N-ethyl adjacent to an activating group) is 1. The normalized spacial score (nSPS) is 16.7. The van der Waals surface area contributed by atoms with Crippen molar-refractivity contribution in [2.75, 3.05) is 12.4 Å². The first-order chi connectivity index (χ1) is 10.1. The van der Waals surface area contributed by atoms with Gasteiger partial charge in [-0.15, -0.1) is 0 Å². The molecule has 21 heavy (non-hydrogen) atoms. The van der Waals surface area contributed by atoms with Crippen LogP contribution in [0.1, 0.15) is 11.6 Å². The van der Waals surface area contributed by atoms with Gasteiger partial charge < -0.3 is 10.6 Å². The zero-order valence-corrected chi connectivity index (χ0v) is 14.1. The summed E-state index contributed by atoms with van der Waals surface area (Å²) in [4.78, 5) is 17.0. The van der Waals surface area contributed by atoms with Gasteiger partial charge in [-0.3, -0.25) is 4.79 Å². The van der Waals surface area contributed by atoms with E-state index < -0.39 is 0 Å². The van der Waals surface area contributed by atoms with Gasteiger partial charge in [-0.1, -0.05) is 23.4 Å². The van der Waals surface area contributed by atoms with E-state index >= 15 is 0 Å². The molecule has 0 spiro atoms. The predicted molar refractivity (Wildman–Crippen MR) is 87.9 cm³/mol. The van der Waals surface area contributed by atoms with E-state index in [0.717, 1.165) is 25.6 Å². The average molecular weight is 385 g/mol. The number of hydrogen-bond acceptors (Lipinski definition) is 4. The highest BCUT2D eigenvalue weighted by molar-refractivity contribution is 9.10. The largest absolute Gasteiger partial charge is 0.324 e. The van der Waals surface area contributed by atoms with E-state index in [2.05, 4.69) is 31.5 Å². The monoisotopic (exact) mass is 383 g/mol. The molecule has 108 valence electrons. The van der Waals surface area contributed by atoms with Gasteiger partial charge in [0.15, 0.2) is 0 Å². The highest BCUT2D eigenvalue weighted by Crippen LogP contribution is 2.41. The van der Waals surface area contributed by atoms with E-state index in [1.165, 1.54) is 11.8 Å². The fourth-order valence-electron chi connectivity index (χ4n) is 2.18. The molecule has 1 atom stereocenters. The summed E-state index contributed by atoms with van der Waals surface area (Å²) in [6.07, 6.45) is 1.73. The van der Waals surface area contributed by atoms with Crippen LogP contribution in [-0.4, -0.2) is 17.9 Å². The Morgan fingerprint density at radius 2 is 2.29 bits per heavy atom. The number of pyridine rings is 1. The minimum Gasteiger partial charge on any atom is -0.324 e. The smallest absolute Gasteiger partial charge is 0.246 e. The quantitative estimate of drug-likeness (QED) is 0.844. The lowest BCUT2D eigenvalue weighted by atomic mass is 10.1. The molecule has 7 heteroatoms. The molecule has 0 aliphatic carbocycles. The summed E-state index contributed by atoms with van der Waals surface area (Å²) in [5.74, 6) is -0.0651. The maximum absolute atomic E-state index is 11.9. The Balaban J connectivity index is 1.98. The van der Waals surface area contributed by atoms with Crippen molar-refractivity contribution in [1.82, 2.24) is 10.3 Å². The van der Waals surface area contributed by atoms with Crippen molar-refractivity contribution < 1.29 is 4.79 Å². The molecular weight excluding hydrogens is 374 g/mol. The number of halogens is 2. The van der Waals surface area contributed by atoms with Crippen molar-refractivity contribution in [3.63, 3.8) is 0 Å². The summed E-state index contributed by atoms with van der Waals surface area (Å²) in [6, 6.07) is 7.15. The van der Waals surface area contributed by atoms with Gasteiger partial charge in [0.25, 0.3) is 0 Å². The lowest BCUT2D eigenvalue weighted by Crippen LogP contribution is -2.23. The highest BCUT2D eigenvalue weighted by atomic mass is 79.9. The topological polar surface area (TPSA) is 54.0 Å². The first kappa shape index (κ1) is 14.8. The van der Waals surface area contributed by atoms with Crippen LogP contribution in [0.2, 0.25) is 5.02 Å². The van der Waals surface area contributed by atoms with Gasteiger partial charge in [-0.05, 0) is 47.2 Å². The van der Waals surface area contributed by atoms with Crippen LogP contribution < -0.4 is 10.6 Å². The lowest BCUT2D eigenvalue weighted by Gasteiger charge is -2.10. The SMILES string of the molecule is CNC1C(=O)Nc2cc(Sc3ncccc3Br)c(Cl)cc21. The van der Waals surface area contributed by atoms with Gasteiger partial charge in [0, 0.05) is 22.3 Å². The summed E-state index contributed by atoms with van der Waals surface area (Å²) in [7, 11) is 1.75. The number of rotatable bonds is 3. The van der Waals surface area contributed by atoms with E-state index in [9.17, 15) is 4.79 Å². The maximum Gasteiger partial charge on any atom is 0.246 e. The van der Waals surface area contributed by atoms with Gasteiger partial charge in [-0.2, -0.15) is 0 Å². The number of aromatic nitrogens is 1. The fourth-order valence-corrected chi connectivity index (χ4v) is 3.78. The molecular formula is C14H11BrClN3OS.